The second kappa shape index (κ2) is 7.33. The van der Waals surface area contributed by atoms with Gasteiger partial charge in [0.05, 0.1) is 22.2 Å². The van der Waals surface area contributed by atoms with Crippen LogP contribution in [0.3, 0.4) is 0 Å². The summed E-state index contributed by atoms with van der Waals surface area (Å²) in [5.41, 5.74) is 4.50. The smallest absolute Gasteiger partial charge is 0.361 e. The van der Waals surface area contributed by atoms with Crippen molar-refractivity contribution in [2.24, 2.45) is 0 Å². The summed E-state index contributed by atoms with van der Waals surface area (Å²) in [5.74, 6) is 0.575. The van der Waals surface area contributed by atoms with Crippen molar-refractivity contribution >= 4 is 21.9 Å². The number of hydrogen-bond donors (Lipinski definition) is 1. The van der Waals surface area contributed by atoms with Crippen LogP contribution in [-0.2, 0) is 6.54 Å². The van der Waals surface area contributed by atoms with E-state index in [-0.39, 0.29) is 5.52 Å². The molecule has 9 heteroatoms. The van der Waals surface area contributed by atoms with Crippen molar-refractivity contribution in [2.45, 2.75) is 33.5 Å². The van der Waals surface area contributed by atoms with Gasteiger partial charge >= 0.3 is 11.9 Å². The van der Waals surface area contributed by atoms with Crippen molar-refractivity contribution < 1.29 is 17.7 Å². The molecule has 168 valence electrons. The van der Waals surface area contributed by atoms with Crippen LogP contribution in [0.5, 0.6) is 0 Å². The third kappa shape index (κ3) is 3.49. The quantitative estimate of drug-likeness (QED) is 0.382. The Morgan fingerprint density at radius 2 is 1.88 bits per heavy atom. The molecule has 1 N–H and O–H groups in total. The maximum Gasteiger partial charge on any atom is 0.406 e. The fraction of sp³-hybridized carbons (Fsp3) is 0.208. The van der Waals surface area contributed by atoms with Gasteiger partial charge in [0, 0.05) is 22.7 Å². The van der Waals surface area contributed by atoms with E-state index in [1.54, 1.807) is 38.2 Å². The molecular formula is C24H19F3N4O2. The molecule has 5 rings (SSSR count). The lowest BCUT2D eigenvalue weighted by Crippen LogP contribution is -2.26. The second-order valence-electron chi connectivity index (χ2n) is 8.08. The zero-order chi connectivity index (χ0) is 23.5. The summed E-state index contributed by atoms with van der Waals surface area (Å²) in [5, 5.41) is 4.78. The summed E-state index contributed by atoms with van der Waals surface area (Å²) in [6.07, 6.45) is -2.90. The highest BCUT2D eigenvalue weighted by Crippen LogP contribution is 2.40. The van der Waals surface area contributed by atoms with Crippen molar-refractivity contribution in [1.82, 2.24) is 19.7 Å². The molecule has 0 radical (unpaired) electrons. The highest BCUT2D eigenvalue weighted by molar-refractivity contribution is 6.05. The number of benzene rings is 2. The Morgan fingerprint density at radius 3 is 2.58 bits per heavy atom. The molecule has 0 aliphatic rings. The van der Waals surface area contributed by atoms with Gasteiger partial charge in [-0.2, -0.15) is 13.2 Å². The number of aryl methyl sites for hydroxylation is 3. The molecule has 0 saturated carbocycles. The van der Waals surface area contributed by atoms with Crippen molar-refractivity contribution in [2.75, 3.05) is 0 Å². The van der Waals surface area contributed by atoms with E-state index in [0.717, 1.165) is 21.1 Å². The second-order valence-corrected chi connectivity index (χ2v) is 8.08. The number of nitrogens with zero attached hydrogens (tertiary/aromatic N) is 3. The van der Waals surface area contributed by atoms with Crippen molar-refractivity contribution in [3.63, 3.8) is 0 Å². The Labute approximate surface area is 185 Å². The van der Waals surface area contributed by atoms with Gasteiger partial charge in [0.1, 0.15) is 12.3 Å². The summed E-state index contributed by atoms with van der Waals surface area (Å²) in [4.78, 5) is 19.6. The van der Waals surface area contributed by atoms with E-state index in [2.05, 4.69) is 15.1 Å². The van der Waals surface area contributed by atoms with Crippen LogP contribution in [0.4, 0.5) is 13.2 Å². The molecule has 0 aliphatic carbocycles. The topological polar surface area (TPSA) is 76.7 Å². The van der Waals surface area contributed by atoms with Gasteiger partial charge in [0.25, 0.3) is 0 Å². The van der Waals surface area contributed by atoms with Crippen molar-refractivity contribution in [1.29, 1.82) is 0 Å². The normalized spacial score (nSPS) is 12.2. The van der Waals surface area contributed by atoms with E-state index in [1.807, 2.05) is 25.1 Å². The predicted molar refractivity (Wildman–Crippen MR) is 119 cm³/mol. The lowest BCUT2D eigenvalue weighted by molar-refractivity contribution is -0.140. The molecule has 2 aromatic carbocycles. The van der Waals surface area contributed by atoms with Gasteiger partial charge in [-0.3, -0.25) is 9.55 Å². The minimum atomic E-state index is -4.56. The number of pyridine rings is 1. The highest BCUT2D eigenvalue weighted by atomic mass is 19.4. The Morgan fingerprint density at radius 1 is 1.09 bits per heavy atom. The fourth-order valence-corrected chi connectivity index (χ4v) is 4.48. The van der Waals surface area contributed by atoms with Crippen LogP contribution in [0.15, 0.2) is 51.9 Å². The molecule has 3 heterocycles. The van der Waals surface area contributed by atoms with Gasteiger partial charge in [0.2, 0.25) is 0 Å². The van der Waals surface area contributed by atoms with Gasteiger partial charge in [-0.15, -0.1) is 0 Å². The van der Waals surface area contributed by atoms with E-state index >= 15 is 0 Å². The third-order valence-corrected chi connectivity index (χ3v) is 5.79. The van der Waals surface area contributed by atoms with E-state index < -0.39 is 18.4 Å². The minimum Gasteiger partial charge on any atom is -0.361 e. The van der Waals surface area contributed by atoms with Gasteiger partial charge in [0.15, 0.2) is 0 Å². The molecule has 0 spiro atoms. The number of halogens is 3. The van der Waals surface area contributed by atoms with Crippen LogP contribution in [0.1, 0.15) is 17.0 Å². The lowest BCUT2D eigenvalue weighted by atomic mass is 9.91. The Kier molecular flexibility index (Phi) is 4.66. The largest absolute Gasteiger partial charge is 0.406 e. The van der Waals surface area contributed by atoms with E-state index in [9.17, 15) is 18.0 Å². The number of aromatic nitrogens is 4. The minimum absolute atomic E-state index is 0.187. The molecule has 3 aromatic heterocycles. The van der Waals surface area contributed by atoms with Gasteiger partial charge in [-0.05, 0) is 61.7 Å². The van der Waals surface area contributed by atoms with Crippen LogP contribution in [0, 0.1) is 20.8 Å². The van der Waals surface area contributed by atoms with Crippen molar-refractivity contribution in [3.05, 3.63) is 70.1 Å². The number of rotatable bonds is 3. The van der Waals surface area contributed by atoms with Crippen LogP contribution in [0.25, 0.3) is 44.2 Å². The third-order valence-electron chi connectivity index (χ3n) is 5.79. The number of nitrogens with one attached hydrogen (secondary N) is 1. The first kappa shape index (κ1) is 21.0. The molecule has 0 atom stereocenters. The number of alkyl halides is 3. The summed E-state index contributed by atoms with van der Waals surface area (Å²) < 4.78 is 46.2. The summed E-state index contributed by atoms with van der Waals surface area (Å²) >= 11 is 0. The first-order valence-electron chi connectivity index (χ1n) is 10.3. The SMILES string of the molecule is Cc1ccc2ncccc2c1-c1cc(-c2c(C)noc2C)cc2[nH]c(=O)n(CC(F)(F)F)c12. The lowest BCUT2D eigenvalue weighted by Gasteiger charge is -2.16. The van der Waals surface area contributed by atoms with E-state index in [0.29, 0.717) is 39.2 Å². The zero-order valence-electron chi connectivity index (χ0n) is 18.0. The zero-order valence-corrected chi connectivity index (χ0v) is 18.0. The molecule has 5 aromatic rings. The predicted octanol–water partition coefficient (Wildman–Crippen LogP) is 5.69. The molecular weight excluding hydrogens is 433 g/mol. The monoisotopic (exact) mass is 452 g/mol. The van der Waals surface area contributed by atoms with Gasteiger partial charge < -0.3 is 9.51 Å². The first-order chi connectivity index (χ1) is 15.6. The van der Waals surface area contributed by atoms with Gasteiger partial charge in [-0.25, -0.2) is 4.79 Å². The van der Waals surface area contributed by atoms with Crippen LogP contribution < -0.4 is 5.69 Å². The molecule has 33 heavy (non-hydrogen) atoms. The fourth-order valence-electron chi connectivity index (χ4n) is 4.48. The summed E-state index contributed by atoms with van der Waals surface area (Å²) in [6, 6.07) is 10.8. The maximum absolute atomic E-state index is 13.4. The molecule has 6 nitrogen and oxygen atoms in total. The highest BCUT2D eigenvalue weighted by Gasteiger charge is 2.31. The number of hydrogen-bond acceptors (Lipinski definition) is 4. The molecule has 0 unspecified atom stereocenters. The average molecular weight is 452 g/mol. The van der Waals surface area contributed by atoms with E-state index in [4.69, 9.17) is 4.52 Å². The average Bonchev–Trinajstić information content (AvgIpc) is 3.24. The molecule has 0 fully saturated rings. The van der Waals surface area contributed by atoms with Crippen LogP contribution in [-0.4, -0.2) is 25.9 Å². The van der Waals surface area contributed by atoms with Gasteiger partial charge in [-0.1, -0.05) is 17.3 Å². The van der Waals surface area contributed by atoms with E-state index in [1.165, 1.54) is 0 Å². The standard InChI is InChI=1S/C24H19F3N4O2/c1-12-6-7-18-16(5-4-8-28-18)20(12)17-9-15(21-13(2)30-33-14(21)3)10-19-22(17)31(23(32)29-19)11-24(25,26)27/h4-10H,11H2,1-3H3,(H,29,32). The molecule has 0 aliphatic heterocycles. The number of H-pyrrole nitrogens is 1. The number of imidazole rings is 1. The number of fused-ring (bicyclic) bond motifs is 2. The molecule has 0 amide bonds. The Bertz CT molecular complexity index is 1570. The first-order valence-corrected chi connectivity index (χ1v) is 10.3. The van der Waals surface area contributed by atoms with Crippen LogP contribution in [0.2, 0.25) is 0 Å². The Hall–Kier alpha value is -3.88. The molecule has 0 bridgehead atoms. The Balaban J connectivity index is 1.95. The van der Waals surface area contributed by atoms with Crippen molar-refractivity contribution in [3.8, 4) is 22.3 Å². The van der Waals surface area contributed by atoms with Crippen LogP contribution >= 0.6 is 0 Å². The molecule has 0 saturated heterocycles. The number of aromatic amines is 1. The summed E-state index contributed by atoms with van der Waals surface area (Å²) in [7, 11) is 0. The summed E-state index contributed by atoms with van der Waals surface area (Å²) in [6.45, 7) is 4.05. The maximum atomic E-state index is 13.4.